The zero-order chi connectivity index (χ0) is 15.4. The van der Waals surface area contributed by atoms with E-state index in [0.717, 1.165) is 4.47 Å². The standard InChI is InChI=1S/C13H10BrCl2N3O2/c14-7-4-11(17-6-7)13(21)19-18-12(20)5-8-9(15)2-1-3-10(8)16/h1-4,6,17H,5H2,(H,18,20)(H,19,21). The van der Waals surface area contributed by atoms with Gasteiger partial charge in [-0.1, -0.05) is 29.3 Å². The summed E-state index contributed by atoms with van der Waals surface area (Å²) in [6, 6.07) is 6.57. The minimum atomic E-state index is -0.459. The number of carbonyl (C=O) groups is 2. The van der Waals surface area contributed by atoms with Gasteiger partial charge in [0.1, 0.15) is 5.69 Å². The Hall–Kier alpha value is -1.50. The highest BCUT2D eigenvalue weighted by atomic mass is 79.9. The molecule has 0 spiro atoms. The third kappa shape index (κ3) is 4.23. The molecule has 2 amide bonds. The van der Waals surface area contributed by atoms with E-state index in [1.165, 1.54) is 0 Å². The van der Waals surface area contributed by atoms with Crippen LogP contribution in [0.5, 0.6) is 0 Å². The largest absolute Gasteiger partial charge is 0.356 e. The molecule has 0 bridgehead atoms. The number of hydrogen-bond donors (Lipinski definition) is 3. The maximum Gasteiger partial charge on any atom is 0.286 e. The van der Waals surface area contributed by atoms with Crippen molar-refractivity contribution >= 4 is 50.9 Å². The number of aromatic nitrogens is 1. The van der Waals surface area contributed by atoms with Gasteiger partial charge in [-0.05, 0) is 39.7 Å². The second kappa shape index (κ2) is 6.98. The molecule has 2 aromatic rings. The van der Waals surface area contributed by atoms with Gasteiger partial charge in [-0.15, -0.1) is 0 Å². The minimum Gasteiger partial charge on any atom is -0.356 e. The number of amides is 2. The summed E-state index contributed by atoms with van der Waals surface area (Å²) in [5.41, 5.74) is 5.42. The topological polar surface area (TPSA) is 74.0 Å². The van der Waals surface area contributed by atoms with Crippen LogP contribution in [0.2, 0.25) is 10.0 Å². The lowest BCUT2D eigenvalue weighted by molar-refractivity contribution is -0.121. The second-order valence-electron chi connectivity index (χ2n) is 4.11. The Bertz CT molecular complexity index is 668. The lowest BCUT2D eigenvalue weighted by atomic mass is 10.1. The van der Waals surface area contributed by atoms with Gasteiger partial charge in [-0.2, -0.15) is 0 Å². The molecule has 1 heterocycles. The highest BCUT2D eigenvalue weighted by Gasteiger charge is 2.12. The summed E-state index contributed by atoms with van der Waals surface area (Å²) in [5, 5.41) is 0.801. The first-order valence-electron chi connectivity index (χ1n) is 5.83. The fraction of sp³-hybridized carbons (Fsp3) is 0.0769. The van der Waals surface area contributed by atoms with E-state index < -0.39 is 11.8 Å². The van der Waals surface area contributed by atoms with E-state index >= 15 is 0 Å². The number of carbonyl (C=O) groups excluding carboxylic acids is 2. The molecule has 0 saturated heterocycles. The molecule has 21 heavy (non-hydrogen) atoms. The molecule has 1 aromatic carbocycles. The molecule has 0 aliphatic rings. The molecule has 0 atom stereocenters. The van der Waals surface area contributed by atoms with Crippen LogP contribution in [0.25, 0.3) is 0 Å². The monoisotopic (exact) mass is 389 g/mol. The van der Waals surface area contributed by atoms with Gasteiger partial charge >= 0.3 is 0 Å². The first-order valence-corrected chi connectivity index (χ1v) is 7.38. The van der Waals surface area contributed by atoms with Gasteiger partial charge in [-0.25, -0.2) is 0 Å². The van der Waals surface area contributed by atoms with Crippen LogP contribution >= 0.6 is 39.1 Å². The molecule has 0 aliphatic carbocycles. The maximum absolute atomic E-state index is 11.8. The number of halogens is 3. The van der Waals surface area contributed by atoms with Crippen LogP contribution in [0.4, 0.5) is 0 Å². The van der Waals surface area contributed by atoms with E-state index in [9.17, 15) is 9.59 Å². The number of aromatic amines is 1. The zero-order valence-corrected chi connectivity index (χ0v) is 13.6. The summed E-state index contributed by atoms with van der Waals surface area (Å²) in [7, 11) is 0. The third-order valence-electron chi connectivity index (χ3n) is 2.61. The van der Waals surface area contributed by atoms with Crippen molar-refractivity contribution in [3.63, 3.8) is 0 Å². The Morgan fingerprint density at radius 1 is 1.19 bits per heavy atom. The molecule has 2 rings (SSSR count). The van der Waals surface area contributed by atoms with Crippen LogP contribution in [0.1, 0.15) is 16.1 Å². The third-order valence-corrected chi connectivity index (χ3v) is 3.77. The Kier molecular flexibility index (Phi) is 5.27. The summed E-state index contributed by atoms with van der Waals surface area (Å²) in [6.07, 6.45) is 1.58. The van der Waals surface area contributed by atoms with E-state index in [-0.39, 0.29) is 6.42 Å². The Labute approximate surface area is 139 Å². The predicted octanol–water partition coefficient (Wildman–Crippen LogP) is 3.09. The average molecular weight is 391 g/mol. The predicted molar refractivity (Wildman–Crippen MR) is 84.3 cm³/mol. The van der Waals surface area contributed by atoms with Gasteiger partial charge in [0, 0.05) is 20.7 Å². The molecule has 0 unspecified atom stereocenters. The fourth-order valence-electron chi connectivity index (χ4n) is 1.60. The first kappa shape index (κ1) is 15.9. The number of rotatable bonds is 3. The number of hydrogen-bond acceptors (Lipinski definition) is 2. The van der Waals surface area contributed by atoms with Gasteiger partial charge in [0.05, 0.1) is 6.42 Å². The summed E-state index contributed by atoms with van der Waals surface area (Å²) in [4.78, 5) is 26.3. The SMILES string of the molecule is O=C(Cc1c(Cl)cccc1Cl)NNC(=O)c1cc(Br)c[nH]1. The van der Waals surface area contributed by atoms with E-state index in [0.29, 0.717) is 21.3 Å². The summed E-state index contributed by atoms with van der Waals surface area (Å²) < 4.78 is 0.738. The first-order chi connectivity index (χ1) is 9.97. The van der Waals surface area contributed by atoms with Crippen LogP contribution in [-0.4, -0.2) is 16.8 Å². The summed E-state index contributed by atoms with van der Waals surface area (Å²) in [5.74, 6) is -0.886. The second-order valence-corrected chi connectivity index (χ2v) is 5.84. The molecule has 0 fully saturated rings. The lowest BCUT2D eigenvalue weighted by Gasteiger charge is -2.08. The van der Waals surface area contributed by atoms with Crippen molar-refractivity contribution in [2.45, 2.75) is 6.42 Å². The van der Waals surface area contributed by atoms with Crippen molar-refractivity contribution in [3.05, 3.63) is 56.2 Å². The van der Waals surface area contributed by atoms with Gasteiger partial charge < -0.3 is 4.98 Å². The quantitative estimate of drug-likeness (QED) is 0.704. The van der Waals surface area contributed by atoms with Gasteiger partial charge in [0.15, 0.2) is 0 Å². The summed E-state index contributed by atoms with van der Waals surface area (Å²) in [6.45, 7) is 0. The molecule has 110 valence electrons. The Morgan fingerprint density at radius 3 is 2.43 bits per heavy atom. The number of H-pyrrole nitrogens is 1. The average Bonchev–Trinajstić information content (AvgIpc) is 2.87. The molecule has 3 N–H and O–H groups in total. The maximum atomic E-state index is 11.8. The van der Waals surface area contributed by atoms with Crippen LogP contribution in [0.3, 0.4) is 0 Å². The van der Waals surface area contributed by atoms with E-state index in [2.05, 4.69) is 31.8 Å². The van der Waals surface area contributed by atoms with Crippen LogP contribution < -0.4 is 10.9 Å². The molecule has 8 heteroatoms. The lowest BCUT2D eigenvalue weighted by Crippen LogP contribution is -2.42. The highest BCUT2D eigenvalue weighted by Crippen LogP contribution is 2.24. The number of hydrazine groups is 1. The number of nitrogens with one attached hydrogen (secondary N) is 3. The van der Waals surface area contributed by atoms with Crippen LogP contribution in [-0.2, 0) is 11.2 Å². The van der Waals surface area contributed by atoms with Crippen LogP contribution in [0, 0.1) is 0 Å². The zero-order valence-electron chi connectivity index (χ0n) is 10.5. The molecule has 0 radical (unpaired) electrons. The summed E-state index contributed by atoms with van der Waals surface area (Å²) >= 11 is 15.2. The highest BCUT2D eigenvalue weighted by molar-refractivity contribution is 9.10. The van der Waals surface area contributed by atoms with E-state index in [1.807, 2.05) is 0 Å². The smallest absolute Gasteiger partial charge is 0.286 e. The van der Waals surface area contributed by atoms with Crippen molar-refractivity contribution in [2.24, 2.45) is 0 Å². The molecule has 0 saturated carbocycles. The van der Waals surface area contributed by atoms with Crippen molar-refractivity contribution in [1.29, 1.82) is 0 Å². The Morgan fingerprint density at radius 2 is 1.86 bits per heavy atom. The number of benzene rings is 1. The molecular weight excluding hydrogens is 381 g/mol. The molecule has 0 aliphatic heterocycles. The fourth-order valence-corrected chi connectivity index (χ4v) is 2.47. The molecule has 5 nitrogen and oxygen atoms in total. The van der Waals surface area contributed by atoms with Gasteiger partial charge in [0.25, 0.3) is 5.91 Å². The van der Waals surface area contributed by atoms with E-state index in [1.54, 1.807) is 30.5 Å². The van der Waals surface area contributed by atoms with Gasteiger partial charge in [-0.3, -0.25) is 20.4 Å². The Balaban J connectivity index is 1.92. The molecular formula is C13H10BrCl2N3O2. The van der Waals surface area contributed by atoms with Crippen molar-refractivity contribution < 1.29 is 9.59 Å². The van der Waals surface area contributed by atoms with Crippen molar-refractivity contribution in [1.82, 2.24) is 15.8 Å². The van der Waals surface area contributed by atoms with Crippen molar-refractivity contribution in [2.75, 3.05) is 0 Å². The van der Waals surface area contributed by atoms with Gasteiger partial charge in [0.2, 0.25) is 5.91 Å². The van der Waals surface area contributed by atoms with Crippen LogP contribution in [0.15, 0.2) is 34.9 Å². The van der Waals surface area contributed by atoms with E-state index in [4.69, 9.17) is 23.2 Å². The minimum absolute atomic E-state index is 0.0345. The molecule has 1 aromatic heterocycles. The normalized spacial score (nSPS) is 10.2. The van der Waals surface area contributed by atoms with Crippen molar-refractivity contribution in [3.8, 4) is 0 Å².